The van der Waals surface area contributed by atoms with Gasteiger partial charge in [0, 0.05) is 17.8 Å². The van der Waals surface area contributed by atoms with Gasteiger partial charge in [0.25, 0.3) is 0 Å². The zero-order valence-electron chi connectivity index (χ0n) is 12.1. The number of hydrogen-bond acceptors (Lipinski definition) is 5. The molecule has 0 fully saturated rings. The van der Waals surface area contributed by atoms with Crippen LogP contribution in [0.3, 0.4) is 0 Å². The highest BCUT2D eigenvalue weighted by molar-refractivity contribution is 5.97. The summed E-state index contributed by atoms with van der Waals surface area (Å²) in [5.41, 5.74) is 2.37. The van der Waals surface area contributed by atoms with Gasteiger partial charge in [0.15, 0.2) is 17.2 Å². The maximum atomic E-state index is 12.4. The summed E-state index contributed by atoms with van der Waals surface area (Å²) in [6, 6.07) is 8.90. The highest BCUT2D eigenvalue weighted by atomic mass is 16.1. The molecule has 0 radical (unpaired) electrons. The first kappa shape index (κ1) is 14.5. The lowest BCUT2D eigenvalue weighted by molar-refractivity contribution is -0.107. The zero-order valence-corrected chi connectivity index (χ0v) is 12.1. The minimum Gasteiger partial charge on any atom is -0.314 e. The van der Waals surface area contributed by atoms with E-state index < -0.39 is 0 Å². The van der Waals surface area contributed by atoms with Crippen molar-refractivity contribution in [3.63, 3.8) is 0 Å². The number of carbonyl (C=O) groups is 2. The van der Waals surface area contributed by atoms with Crippen LogP contribution in [-0.2, 0) is 17.8 Å². The molecule has 7 heteroatoms. The summed E-state index contributed by atoms with van der Waals surface area (Å²) >= 11 is 0. The van der Waals surface area contributed by atoms with Crippen LogP contribution in [0.5, 0.6) is 0 Å². The molecule has 0 bridgehead atoms. The normalized spacial score (nSPS) is 12.3. The van der Waals surface area contributed by atoms with E-state index in [-0.39, 0.29) is 23.7 Å². The first-order valence-electron chi connectivity index (χ1n) is 6.91. The second-order valence-corrected chi connectivity index (χ2v) is 5.11. The maximum Gasteiger partial charge on any atom is 0.214 e. The number of Topliss-reactive ketones (excluding diaryl/α,β-unsaturated/α-hetero) is 1. The number of amides is 1. The highest BCUT2D eigenvalue weighted by Crippen LogP contribution is 2.27. The Morgan fingerprint density at radius 2 is 2.17 bits per heavy atom. The Bertz CT molecular complexity index is 885. The monoisotopic (exact) mass is 305 g/mol. The summed E-state index contributed by atoms with van der Waals surface area (Å²) < 4.78 is 1.37. The number of nitrogens with zero attached hydrogens (tertiary/aromatic N) is 5. The van der Waals surface area contributed by atoms with E-state index in [1.54, 1.807) is 23.1 Å². The molecule has 0 aliphatic carbocycles. The molecule has 2 heterocycles. The molecule has 2 aromatic rings. The topological polar surface area (TPSA) is 103 Å². The van der Waals surface area contributed by atoms with E-state index >= 15 is 0 Å². The van der Waals surface area contributed by atoms with Crippen LogP contribution >= 0.6 is 0 Å². The van der Waals surface area contributed by atoms with Gasteiger partial charge in [-0.2, -0.15) is 10.5 Å². The van der Waals surface area contributed by atoms with Crippen molar-refractivity contribution >= 4 is 17.9 Å². The highest BCUT2D eigenvalue weighted by Gasteiger charge is 2.20. The van der Waals surface area contributed by atoms with Crippen molar-refractivity contribution < 1.29 is 9.59 Å². The molecule has 1 aliphatic heterocycles. The first-order chi connectivity index (χ1) is 11.2. The molecular formula is C16H11N5O2. The number of nitriles is 2. The summed E-state index contributed by atoms with van der Waals surface area (Å²) in [4.78, 5) is 28.7. The van der Waals surface area contributed by atoms with Gasteiger partial charge in [-0.25, -0.2) is 4.98 Å². The van der Waals surface area contributed by atoms with Crippen LogP contribution in [0, 0.1) is 22.7 Å². The summed E-state index contributed by atoms with van der Waals surface area (Å²) in [5, 5.41) is 17.9. The number of rotatable bonds is 4. The Morgan fingerprint density at radius 1 is 1.35 bits per heavy atom. The molecule has 1 aromatic heterocycles. The second-order valence-electron chi connectivity index (χ2n) is 5.11. The summed E-state index contributed by atoms with van der Waals surface area (Å²) in [6.07, 6.45) is 2.81. The Labute approximate surface area is 132 Å². The van der Waals surface area contributed by atoms with Crippen LogP contribution in [0.1, 0.15) is 27.3 Å². The molecule has 0 N–H and O–H groups in total. The van der Waals surface area contributed by atoms with Crippen molar-refractivity contribution in [2.75, 3.05) is 11.4 Å². The van der Waals surface area contributed by atoms with Crippen molar-refractivity contribution in [1.29, 1.82) is 10.5 Å². The third-order valence-electron chi connectivity index (χ3n) is 3.82. The summed E-state index contributed by atoms with van der Waals surface area (Å²) in [5.74, 6) is -0.184. The van der Waals surface area contributed by atoms with Gasteiger partial charge in [0.05, 0.1) is 12.9 Å². The Balaban J connectivity index is 1.86. The molecule has 1 aliphatic rings. The van der Waals surface area contributed by atoms with E-state index in [1.165, 1.54) is 10.9 Å². The largest absolute Gasteiger partial charge is 0.314 e. The predicted octanol–water partition coefficient (Wildman–Crippen LogP) is 1.03. The number of benzene rings is 1. The fourth-order valence-corrected chi connectivity index (χ4v) is 2.66. The van der Waals surface area contributed by atoms with Crippen LogP contribution in [0.25, 0.3) is 0 Å². The SMILES string of the molecule is N#Cc1ncn(CC(=O)c2ccc3c(c2)CCN3C=O)c1C#N. The molecule has 7 nitrogen and oxygen atoms in total. The van der Waals surface area contributed by atoms with Crippen LogP contribution in [0.4, 0.5) is 5.69 Å². The van der Waals surface area contributed by atoms with E-state index in [0.717, 1.165) is 17.7 Å². The van der Waals surface area contributed by atoms with E-state index in [2.05, 4.69) is 4.98 Å². The fourth-order valence-electron chi connectivity index (χ4n) is 2.66. The zero-order chi connectivity index (χ0) is 16.4. The second kappa shape index (κ2) is 5.74. The molecule has 0 spiro atoms. The van der Waals surface area contributed by atoms with Gasteiger partial charge in [0.2, 0.25) is 6.41 Å². The van der Waals surface area contributed by atoms with E-state index in [9.17, 15) is 9.59 Å². The minimum absolute atomic E-state index is 0.0101. The van der Waals surface area contributed by atoms with Gasteiger partial charge in [-0.05, 0) is 30.2 Å². The molecule has 23 heavy (non-hydrogen) atoms. The maximum absolute atomic E-state index is 12.4. The number of carbonyl (C=O) groups excluding carboxylic acids is 2. The Hall–Kier alpha value is -3.45. The van der Waals surface area contributed by atoms with Crippen molar-refractivity contribution in [3.05, 3.63) is 47.0 Å². The first-order valence-corrected chi connectivity index (χ1v) is 6.91. The summed E-state index contributed by atoms with van der Waals surface area (Å²) in [6.45, 7) is 0.551. The van der Waals surface area contributed by atoms with Crippen LogP contribution in [-0.4, -0.2) is 28.3 Å². The lowest BCUT2D eigenvalue weighted by Gasteiger charge is -2.10. The third kappa shape index (κ3) is 2.45. The van der Waals surface area contributed by atoms with Crippen LogP contribution < -0.4 is 4.90 Å². The number of aromatic nitrogens is 2. The molecule has 0 saturated heterocycles. The third-order valence-corrected chi connectivity index (χ3v) is 3.82. The van der Waals surface area contributed by atoms with Gasteiger partial charge in [-0.3, -0.25) is 9.59 Å². The number of ketones is 1. The Morgan fingerprint density at radius 3 is 2.87 bits per heavy atom. The van der Waals surface area contributed by atoms with Gasteiger partial charge in [-0.1, -0.05) is 0 Å². The van der Waals surface area contributed by atoms with Crippen LogP contribution in [0.2, 0.25) is 0 Å². The van der Waals surface area contributed by atoms with Crippen molar-refractivity contribution in [3.8, 4) is 12.1 Å². The van der Waals surface area contributed by atoms with E-state index in [0.29, 0.717) is 18.5 Å². The molecule has 0 unspecified atom stereocenters. The van der Waals surface area contributed by atoms with Crippen molar-refractivity contribution in [2.24, 2.45) is 0 Å². The Kier molecular flexibility index (Phi) is 3.62. The predicted molar refractivity (Wildman–Crippen MR) is 79.5 cm³/mol. The average molecular weight is 305 g/mol. The average Bonchev–Trinajstić information content (AvgIpc) is 3.16. The van der Waals surface area contributed by atoms with Gasteiger partial charge in [0.1, 0.15) is 12.1 Å². The smallest absolute Gasteiger partial charge is 0.214 e. The van der Waals surface area contributed by atoms with Crippen LogP contribution in [0.15, 0.2) is 24.5 Å². The molecular weight excluding hydrogens is 294 g/mol. The van der Waals surface area contributed by atoms with Gasteiger partial charge >= 0.3 is 0 Å². The van der Waals surface area contributed by atoms with E-state index in [4.69, 9.17) is 10.5 Å². The summed E-state index contributed by atoms with van der Waals surface area (Å²) in [7, 11) is 0. The van der Waals surface area contributed by atoms with Crippen molar-refractivity contribution in [1.82, 2.24) is 9.55 Å². The minimum atomic E-state index is -0.184. The molecule has 0 atom stereocenters. The molecule has 3 rings (SSSR count). The quantitative estimate of drug-likeness (QED) is 0.620. The number of fused-ring (bicyclic) bond motifs is 1. The molecule has 1 amide bonds. The lowest BCUT2D eigenvalue weighted by atomic mass is 10.1. The van der Waals surface area contributed by atoms with Gasteiger partial charge in [-0.15, -0.1) is 0 Å². The lowest BCUT2D eigenvalue weighted by Crippen LogP contribution is -2.17. The van der Waals surface area contributed by atoms with Gasteiger partial charge < -0.3 is 9.47 Å². The number of hydrogen-bond donors (Lipinski definition) is 0. The number of anilines is 1. The standard InChI is InChI=1S/C16H11N5O2/c17-6-13-15(7-18)21(9-19-13)8-16(23)12-1-2-14-11(5-12)3-4-20(14)10-22/h1-2,5,9-10H,3-4,8H2. The van der Waals surface area contributed by atoms with E-state index in [1.807, 2.05) is 12.1 Å². The molecule has 0 saturated carbocycles. The molecule has 1 aromatic carbocycles. The van der Waals surface area contributed by atoms with Crippen molar-refractivity contribution in [2.45, 2.75) is 13.0 Å². The number of imidazole rings is 1. The fraction of sp³-hybridized carbons (Fsp3) is 0.188. The molecule has 112 valence electrons.